The van der Waals surface area contributed by atoms with Crippen LogP contribution in [-0.2, 0) is 6.42 Å². The number of nitriles is 1. The summed E-state index contributed by atoms with van der Waals surface area (Å²) in [7, 11) is 0. The number of aromatic nitrogens is 6. The number of nitrogens with one attached hydrogen (secondary N) is 1. The van der Waals surface area contributed by atoms with Crippen LogP contribution < -0.4 is 19.9 Å². The molecule has 10 rings (SSSR count). The molecule has 3 fully saturated rings. The first-order valence-corrected chi connectivity index (χ1v) is 23.0. The summed E-state index contributed by atoms with van der Waals surface area (Å²) in [4.78, 5) is 28.4. The Morgan fingerprint density at radius 3 is 2.50 bits per heavy atom. The van der Waals surface area contributed by atoms with Crippen LogP contribution in [0.25, 0.3) is 5.00 Å². The molecule has 1 unspecified atom stereocenters. The van der Waals surface area contributed by atoms with Crippen molar-refractivity contribution >= 4 is 46.1 Å². The number of amides is 1. The summed E-state index contributed by atoms with van der Waals surface area (Å²) in [5.74, 6) is 2.91. The summed E-state index contributed by atoms with van der Waals surface area (Å²) in [5.41, 5.74) is 4.90. The number of piperidine rings is 1. The van der Waals surface area contributed by atoms with E-state index in [-0.39, 0.29) is 29.3 Å². The lowest BCUT2D eigenvalue weighted by molar-refractivity contribution is 0.0888. The molecule has 4 aromatic heterocycles. The molecule has 17 heteroatoms. The van der Waals surface area contributed by atoms with Gasteiger partial charge in [-0.3, -0.25) is 14.4 Å². The first-order chi connectivity index (χ1) is 31.0. The predicted octanol–water partition coefficient (Wildman–Crippen LogP) is 8.45. The molecule has 0 bridgehead atoms. The van der Waals surface area contributed by atoms with Crippen molar-refractivity contribution in [1.82, 2.24) is 35.3 Å². The standard InChI is InChI=1S/C47H47ClFN11O3S/c1-27-28(2)64-46-42(27)43(53-38(24-41-51-17-21-62-41)44-57-54-29(3)60(44)46)30-5-12-39(36(49)22-30)58-18-14-47(15-19-58)16-20-59(26-47)40-13-11-37(55-56-40)45(61)52-32-6-9-33(10-7-32)63-34-8-4-31(25-50)35(48)23-34/h4-5,8,11-13,17,21-23,32-33,38H,6-7,9-10,14-16,18-20,24,26H2,1-3H3,(H,52,61). The van der Waals surface area contributed by atoms with Crippen LogP contribution in [-0.4, -0.2) is 79.9 Å². The van der Waals surface area contributed by atoms with Crippen molar-refractivity contribution in [3.05, 3.63) is 122 Å². The third-order valence-corrected chi connectivity index (χ3v) is 15.0. The number of carbonyl (C=O) groups excluding carboxylic acids is 1. The summed E-state index contributed by atoms with van der Waals surface area (Å²) in [5, 5.41) is 31.4. The number of carbonyl (C=O) groups is 1. The van der Waals surface area contributed by atoms with Gasteiger partial charge < -0.3 is 24.3 Å². The van der Waals surface area contributed by atoms with Crippen molar-refractivity contribution in [2.75, 3.05) is 36.0 Å². The van der Waals surface area contributed by atoms with Gasteiger partial charge in [0.25, 0.3) is 5.91 Å². The molecule has 6 aromatic rings. The molecule has 4 aliphatic rings. The summed E-state index contributed by atoms with van der Waals surface area (Å²) < 4.78 is 30.2. The number of hydrogen-bond donors (Lipinski definition) is 1. The van der Waals surface area contributed by atoms with Gasteiger partial charge in [-0.15, -0.1) is 31.7 Å². The minimum Gasteiger partial charge on any atom is -0.490 e. The van der Waals surface area contributed by atoms with Crippen molar-refractivity contribution in [3.8, 4) is 16.8 Å². The summed E-state index contributed by atoms with van der Waals surface area (Å²) >= 11 is 7.84. The van der Waals surface area contributed by atoms with Gasteiger partial charge in [0.1, 0.15) is 40.8 Å². The van der Waals surface area contributed by atoms with Gasteiger partial charge in [-0.05, 0) is 113 Å². The van der Waals surface area contributed by atoms with Crippen molar-refractivity contribution in [2.24, 2.45) is 10.4 Å². The van der Waals surface area contributed by atoms with Crippen LogP contribution >= 0.6 is 22.9 Å². The van der Waals surface area contributed by atoms with E-state index in [0.29, 0.717) is 51.4 Å². The van der Waals surface area contributed by atoms with E-state index in [2.05, 4.69) is 65.0 Å². The molecule has 1 saturated carbocycles. The van der Waals surface area contributed by atoms with Gasteiger partial charge in [-0.1, -0.05) is 17.7 Å². The average Bonchev–Trinajstić information content (AvgIpc) is 4.10. The second kappa shape index (κ2) is 17.1. The Kier molecular flexibility index (Phi) is 11.2. The molecular weight excluding hydrogens is 853 g/mol. The number of nitrogens with zero attached hydrogens (tertiary/aromatic N) is 10. The maximum atomic E-state index is 16.4. The first-order valence-electron chi connectivity index (χ1n) is 21.8. The number of benzene rings is 2. The largest absolute Gasteiger partial charge is 0.490 e. The van der Waals surface area contributed by atoms with E-state index in [1.54, 1.807) is 54.1 Å². The van der Waals surface area contributed by atoms with Crippen molar-refractivity contribution in [1.29, 1.82) is 5.26 Å². The maximum Gasteiger partial charge on any atom is 0.272 e. The Morgan fingerprint density at radius 2 is 1.80 bits per heavy atom. The van der Waals surface area contributed by atoms with Crippen molar-refractivity contribution in [2.45, 2.75) is 90.3 Å². The van der Waals surface area contributed by atoms with E-state index in [9.17, 15) is 4.79 Å². The summed E-state index contributed by atoms with van der Waals surface area (Å²) in [6.45, 7) is 9.30. The van der Waals surface area contributed by atoms with E-state index in [4.69, 9.17) is 31.0 Å². The van der Waals surface area contributed by atoms with Crippen LogP contribution in [0.2, 0.25) is 5.02 Å². The number of aliphatic imine (C=N–C) groups is 1. The Balaban J connectivity index is 0.758. The molecule has 64 heavy (non-hydrogen) atoms. The van der Waals surface area contributed by atoms with Gasteiger partial charge >= 0.3 is 0 Å². The Hall–Kier alpha value is -6.18. The minimum atomic E-state index is -0.434. The van der Waals surface area contributed by atoms with Crippen molar-refractivity contribution < 1.29 is 18.3 Å². The average molecular weight is 900 g/mol. The minimum absolute atomic E-state index is 0.0129. The molecule has 1 spiro atoms. The first kappa shape index (κ1) is 41.8. The highest BCUT2D eigenvalue weighted by atomic mass is 35.5. The molecule has 1 amide bonds. The number of hydrogen-bond acceptors (Lipinski definition) is 13. The highest BCUT2D eigenvalue weighted by Gasteiger charge is 2.42. The normalized spacial score (nSPS) is 20.3. The van der Waals surface area contributed by atoms with Crippen LogP contribution in [0, 0.1) is 43.3 Å². The molecule has 3 aliphatic heterocycles. The van der Waals surface area contributed by atoms with E-state index >= 15 is 4.39 Å². The molecule has 328 valence electrons. The number of aryl methyl sites for hydroxylation is 2. The molecular formula is C47H47ClFN11O3S. The van der Waals surface area contributed by atoms with Crippen LogP contribution in [0.3, 0.4) is 0 Å². The summed E-state index contributed by atoms with van der Waals surface area (Å²) in [6.07, 6.45) is 9.58. The van der Waals surface area contributed by atoms with Gasteiger partial charge in [0, 0.05) is 54.3 Å². The molecule has 0 radical (unpaired) electrons. The number of oxazole rings is 1. The van der Waals surface area contributed by atoms with E-state index in [1.807, 2.05) is 25.1 Å². The van der Waals surface area contributed by atoms with Gasteiger partial charge in [-0.2, -0.15) is 5.26 Å². The Morgan fingerprint density at radius 1 is 1.00 bits per heavy atom. The number of anilines is 2. The molecule has 1 aliphatic carbocycles. The molecule has 1 atom stereocenters. The number of ether oxygens (including phenoxy) is 1. The number of fused-ring (bicyclic) bond motifs is 3. The molecule has 14 nitrogen and oxygen atoms in total. The fourth-order valence-corrected chi connectivity index (χ4v) is 11.2. The van der Waals surface area contributed by atoms with Gasteiger partial charge in [0.05, 0.1) is 40.7 Å². The summed E-state index contributed by atoms with van der Waals surface area (Å²) in [6, 6.07) is 15.9. The van der Waals surface area contributed by atoms with Gasteiger partial charge in [0.15, 0.2) is 23.2 Å². The fraction of sp³-hybridized carbons (Fsp3) is 0.404. The van der Waals surface area contributed by atoms with Gasteiger partial charge in [0.2, 0.25) is 0 Å². The van der Waals surface area contributed by atoms with Crippen molar-refractivity contribution in [3.63, 3.8) is 0 Å². The third kappa shape index (κ3) is 8.00. The van der Waals surface area contributed by atoms with Crippen LogP contribution in [0.1, 0.15) is 106 Å². The fourth-order valence-electron chi connectivity index (χ4n) is 9.77. The Bertz CT molecular complexity index is 2780. The monoisotopic (exact) mass is 899 g/mol. The molecule has 7 heterocycles. The second-order valence-corrected chi connectivity index (χ2v) is 19.1. The zero-order chi connectivity index (χ0) is 44.1. The lowest BCUT2D eigenvalue weighted by Gasteiger charge is -2.40. The van der Waals surface area contributed by atoms with E-state index in [0.717, 1.165) is 109 Å². The van der Waals surface area contributed by atoms with Crippen LogP contribution in [0.4, 0.5) is 15.9 Å². The SMILES string of the molecule is Cc1sc2c(c1C)C(c1ccc(N3CCC4(CCN(c5ccc(C(=O)NC6CCC(Oc7ccc(C#N)c(Cl)c7)CC6)nn5)C4)CC3)c(F)c1)=NC(Cc1ncco1)c1nnc(C)n1-2. The lowest BCUT2D eigenvalue weighted by Crippen LogP contribution is -2.42. The lowest BCUT2D eigenvalue weighted by atomic mass is 9.77. The van der Waals surface area contributed by atoms with Crippen LogP contribution in [0.5, 0.6) is 5.75 Å². The third-order valence-electron chi connectivity index (χ3n) is 13.5. The number of rotatable bonds is 9. The topological polar surface area (TPSA) is 163 Å². The number of halogens is 2. The zero-order valence-corrected chi connectivity index (χ0v) is 37.4. The Labute approximate surface area is 379 Å². The molecule has 2 aromatic carbocycles. The highest BCUT2D eigenvalue weighted by Crippen LogP contribution is 2.44. The second-order valence-electron chi connectivity index (χ2n) is 17.4. The maximum absolute atomic E-state index is 16.4. The molecule has 2 saturated heterocycles. The highest BCUT2D eigenvalue weighted by molar-refractivity contribution is 7.15. The van der Waals surface area contributed by atoms with Crippen LogP contribution in [0.15, 0.2) is 70.4 Å². The van der Waals surface area contributed by atoms with Gasteiger partial charge in [-0.25, -0.2) is 9.37 Å². The molecule has 1 N–H and O–H groups in total. The number of thiophene rings is 1. The van der Waals surface area contributed by atoms with E-state index in [1.165, 1.54) is 0 Å². The zero-order valence-electron chi connectivity index (χ0n) is 35.9. The predicted molar refractivity (Wildman–Crippen MR) is 241 cm³/mol. The quantitative estimate of drug-likeness (QED) is 0.148. The smallest absolute Gasteiger partial charge is 0.272 e. The van der Waals surface area contributed by atoms with E-state index < -0.39 is 6.04 Å².